The molecular formula is C10H18N4. The Morgan fingerprint density at radius 3 is 2.71 bits per heavy atom. The number of hydrogen-bond donors (Lipinski definition) is 1. The van der Waals surface area contributed by atoms with Crippen molar-refractivity contribution in [1.29, 1.82) is 0 Å². The standard InChI is InChI=1S/C10H18N4/c1-9(2)14-8-5-12-10(14)13-6-3-11-4-7-13/h5,8-9,11H,3-4,6-7H2,1-2H3. The average molecular weight is 194 g/mol. The molecule has 0 atom stereocenters. The predicted octanol–water partition coefficient (Wildman–Crippen LogP) is 0.874. The molecule has 0 unspecified atom stereocenters. The zero-order valence-electron chi connectivity index (χ0n) is 8.90. The van der Waals surface area contributed by atoms with Crippen LogP contribution in [0.5, 0.6) is 0 Å². The van der Waals surface area contributed by atoms with Gasteiger partial charge in [-0.1, -0.05) is 0 Å². The average Bonchev–Trinajstić information content (AvgIpc) is 2.67. The molecule has 1 aliphatic rings. The molecule has 1 aliphatic heterocycles. The Balaban J connectivity index is 2.17. The lowest BCUT2D eigenvalue weighted by atomic mass is 10.3. The minimum atomic E-state index is 0.488. The van der Waals surface area contributed by atoms with Crippen molar-refractivity contribution in [2.45, 2.75) is 19.9 Å². The van der Waals surface area contributed by atoms with Crippen molar-refractivity contribution < 1.29 is 0 Å². The minimum absolute atomic E-state index is 0.488. The monoisotopic (exact) mass is 194 g/mol. The van der Waals surface area contributed by atoms with Crippen LogP contribution in [0.15, 0.2) is 12.4 Å². The highest BCUT2D eigenvalue weighted by Crippen LogP contribution is 2.17. The number of imidazole rings is 1. The van der Waals surface area contributed by atoms with E-state index >= 15 is 0 Å². The third-order valence-corrected chi connectivity index (χ3v) is 2.60. The Kier molecular flexibility index (Phi) is 2.72. The second-order valence-electron chi connectivity index (χ2n) is 3.97. The van der Waals surface area contributed by atoms with E-state index in [1.807, 2.05) is 6.20 Å². The zero-order valence-corrected chi connectivity index (χ0v) is 8.90. The first-order valence-corrected chi connectivity index (χ1v) is 5.27. The van der Waals surface area contributed by atoms with Crippen LogP contribution in [0.3, 0.4) is 0 Å². The van der Waals surface area contributed by atoms with E-state index in [1.165, 1.54) is 0 Å². The lowest BCUT2D eigenvalue weighted by molar-refractivity contribution is 0.541. The minimum Gasteiger partial charge on any atom is -0.340 e. The Bertz CT molecular complexity index is 286. The molecule has 0 aliphatic carbocycles. The summed E-state index contributed by atoms with van der Waals surface area (Å²) in [4.78, 5) is 6.77. The molecule has 14 heavy (non-hydrogen) atoms. The zero-order chi connectivity index (χ0) is 9.97. The second kappa shape index (κ2) is 4.00. The maximum absolute atomic E-state index is 4.42. The van der Waals surface area contributed by atoms with Gasteiger partial charge in [0.1, 0.15) is 0 Å². The van der Waals surface area contributed by atoms with Gasteiger partial charge >= 0.3 is 0 Å². The number of rotatable bonds is 2. The van der Waals surface area contributed by atoms with Gasteiger partial charge in [0.2, 0.25) is 5.95 Å². The molecule has 4 nitrogen and oxygen atoms in total. The molecule has 0 radical (unpaired) electrons. The molecule has 1 fully saturated rings. The van der Waals surface area contributed by atoms with Gasteiger partial charge in [0.25, 0.3) is 0 Å². The summed E-state index contributed by atoms with van der Waals surface area (Å²) >= 11 is 0. The summed E-state index contributed by atoms with van der Waals surface area (Å²) in [6.07, 6.45) is 3.94. The molecule has 2 rings (SSSR count). The number of aromatic nitrogens is 2. The van der Waals surface area contributed by atoms with Gasteiger partial charge in [-0.15, -0.1) is 0 Å². The van der Waals surface area contributed by atoms with Crippen LogP contribution in [0.4, 0.5) is 5.95 Å². The Labute approximate surface area is 84.9 Å². The van der Waals surface area contributed by atoms with E-state index in [1.54, 1.807) is 0 Å². The summed E-state index contributed by atoms with van der Waals surface area (Å²) in [7, 11) is 0. The summed E-state index contributed by atoms with van der Waals surface area (Å²) in [6.45, 7) is 8.62. The molecule has 1 N–H and O–H groups in total. The molecule has 0 saturated carbocycles. The van der Waals surface area contributed by atoms with Crippen LogP contribution < -0.4 is 10.2 Å². The van der Waals surface area contributed by atoms with Crippen LogP contribution in [-0.4, -0.2) is 35.7 Å². The molecule has 1 aromatic heterocycles. The number of nitrogens with zero attached hydrogens (tertiary/aromatic N) is 3. The first-order valence-electron chi connectivity index (χ1n) is 5.27. The highest BCUT2D eigenvalue weighted by molar-refractivity contribution is 5.32. The molecule has 0 spiro atoms. The van der Waals surface area contributed by atoms with Crippen LogP contribution in [0.2, 0.25) is 0 Å². The predicted molar refractivity (Wildman–Crippen MR) is 57.7 cm³/mol. The van der Waals surface area contributed by atoms with Gasteiger partial charge < -0.3 is 14.8 Å². The summed E-state index contributed by atoms with van der Waals surface area (Å²) in [6, 6.07) is 0.488. The fourth-order valence-electron chi connectivity index (χ4n) is 1.82. The first-order chi connectivity index (χ1) is 6.79. The van der Waals surface area contributed by atoms with Crippen molar-refractivity contribution in [3.8, 4) is 0 Å². The molecule has 1 aromatic rings. The van der Waals surface area contributed by atoms with Crippen molar-refractivity contribution in [2.75, 3.05) is 31.1 Å². The van der Waals surface area contributed by atoms with E-state index in [2.05, 4.69) is 39.8 Å². The summed E-state index contributed by atoms with van der Waals surface area (Å²) < 4.78 is 2.23. The number of anilines is 1. The van der Waals surface area contributed by atoms with Gasteiger partial charge in [0.05, 0.1) is 0 Å². The smallest absolute Gasteiger partial charge is 0.205 e. The maximum atomic E-state index is 4.42. The van der Waals surface area contributed by atoms with Gasteiger partial charge in [0, 0.05) is 44.6 Å². The number of nitrogens with one attached hydrogen (secondary N) is 1. The molecule has 1 saturated heterocycles. The van der Waals surface area contributed by atoms with E-state index in [4.69, 9.17) is 0 Å². The van der Waals surface area contributed by atoms with Crippen LogP contribution in [0, 0.1) is 0 Å². The van der Waals surface area contributed by atoms with Crippen LogP contribution in [0.1, 0.15) is 19.9 Å². The van der Waals surface area contributed by atoms with E-state index in [0.29, 0.717) is 6.04 Å². The third-order valence-electron chi connectivity index (χ3n) is 2.60. The summed E-state index contributed by atoms with van der Waals surface area (Å²) in [5.74, 6) is 1.11. The number of hydrogen-bond acceptors (Lipinski definition) is 3. The molecule has 0 amide bonds. The van der Waals surface area contributed by atoms with Gasteiger partial charge in [-0.25, -0.2) is 4.98 Å². The fraction of sp³-hybridized carbons (Fsp3) is 0.700. The Morgan fingerprint density at radius 1 is 1.36 bits per heavy atom. The van der Waals surface area contributed by atoms with Crippen molar-refractivity contribution >= 4 is 5.95 Å². The molecular weight excluding hydrogens is 176 g/mol. The summed E-state index contributed by atoms with van der Waals surface area (Å²) in [5.41, 5.74) is 0. The summed E-state index contributed by atoms with van der Waals surface area (Å²) in [5, 5.41) is 3.35. The van der Waals surface area contributed by atoms with Gasteiger partial charge in [-0.2, -0.15) is 0 Å². The number of piperazine rings is 1. The van der Waals surface area contributed by atoms with Gasteiger partial charge in [-0.3, -0.25) is 0 Å². The topological polar surface area (TPSA) is 33.1 Å². The lowest BCUT2D eigenvalue weighted by Gasteiger charge is -2.29. The van der Waals surface area contributed by atoms with E-state index in [9.17, 15) is 0 Å². The van der Waals surface area contributed by atoms with E-state index in [0.717, 1.165) is 32.1 Å². The third kappa shape index (κ3) is 1.75. The van der Waals surface area contributed by atoms with E-state index < -0.39 is 0 Å². The highest BCUT2D eigenvalue weighted by atomic mass is 15.3. The molecule has 0 aromatic carbocycles. The van der Waals surface area contributed by atoms with Gasteiger partial charge in [-0.05, 0) is 13.8 Å². The highest BCUT2D eigenvalue weighted by Gasteiger charge is 2.15. The van der Waals surface area contributed by atoms with E-state index in [-0.39, 0.29) is 0 Å². The fourth-order valence-corrected chi connectivity index (χ4v) is 1.82. The largest absolute Gasteiger partial charge is 0.340 e. The van der Waals surface area contributed by atoms with Crippen molar-refractivity contribution in [3.05, 3.63) is 12.4 Å². The van der Waals surface area contributed by atoms with Crippen LogP contribution in [-0.2, 0) is 0 Å². The maximum Gasteiger partial charge on any atom is 0.205 e. The van der Waals surface area contributed by atoms with Crippen molar-refractivity contribution in [2.24, 2.45) is 0 Å². The first kappa shape index (κ1) is 9.52. The quantitative estimate of drug-likeness (QED) is 0.758. The molecule has 78 valence electrons. The van der Waals surface area contributed by atoms with Crippen molar-refractivity contribution in [1.82, 2.24) is 14.9 Å². The molecule has 0 bridgehead atoms. The second-order valence-corrected chi connectivity index (χ2v) is 3.97. The van der Waals surface area contributed by atoms with Crippen LogP contribution in [0.25, 0.3) is 0 Å². The molecule has 2 heterocycles. The lowest BCUT2D eigenvalue weighted by Crippen LogP contribution is -2.44. The van der Waals surface area contributed by atoms with Crippen LogP contribution >= 0.6 is 0 Å². The SMILES string of the molecule is CC(C)n1ccnc1N1CCNCC1. The van der Waals surface area contributed by atoms with Crippen molar-refractivity contribution in [3.63, 3.8) is 0 Å². The Hall–Kier alpha value is -1.03. The van der Waals surface area contributed by atoms with Gasteiger partial charge in [0.15, 0.2) is 0 Å². The normalized spacial score (nSPS) is 17.8. The molecule has 4 heteroatoms. The Morgan fingerprint density at radius 2 is 2.07 bits per heavy atom.